The van der Waals surface area contributed by atoms with Crippen LogP contribution >= 0.6 is 0 Å². The van der Waals surface area contributed by atoms with Gasteiger partial charge in [0.2, 0.25) is 0 Å². The maximum absolute atomic E-state index is 14.1. The summed E-state index contributed by atoms with van der Waals surface area (Å²) >= 11 is 0. The summed E-state index contributed by atoms with van der Waals surface area (Å²) in [7, 11) is 0. The average Bonchev–Trinajstić information content (AvgIpc) is 3.20. The van der Waals surface area contributed by atoms with Gasteiger partial charge in [-0.2, -0.15) is 5.10 Å². The summed E-state index contributed by atoms with van der Waals surface area (Å²) in [5.41, 5.74) is 3.90. The first-order chi connectivity index (χ1) is 24.5. The van der Waals surface area contributed by atoms with E-state index in [4.69, 9.17) is 14.2 Å². The van der Waals surface area contributed by atoms with Crippen LogP contribution in [0.1, 0.15) is 77.3 Å². The van der Waals surface area contributed by atoms with Crippen molar-refractivity contribution in [3.8, 4) is 11.1 Å². The second-order valence-corrected chi connectivity index (χ2v) is 14.6. The molecular formula is C40H51N5O6. The fraction of sp³-hybridized carbons (Fsp3) is 0.475. The number of hydrogen-bond donors (Lipinski definition) is 0. The molecule has 11 nitrogen and oxygen atoms in total. The summed E-state index contributed by atoms with van der Waals surface area (Å²) in [5.74, 6) is 0.570. The van der Waals surface area contributed by atoms with Crippen molar-refractivity contribution in [2.24, 2.45) is 16.1 Å². The number of fused-ring (bicyclic) bond motifs is 3. The molecule has 11 heteroatoms. The Hall–Kier alpha value is -4.93. The van der Waals surface area contributed by atoms with Gasteiger partial charge in [0.1, 0.15) is 18.8 Å². The van der Waals surface area contributed by atoms with Crippen molar-refractivity contribution in [2.45, 2.75) is 83.9 Å². The molecular weight excluding hydrogens is 646 g/mol. The number of nitrogens with zero attached hydrogens (tertiary/aromatic N) is 5. The van der Waals surface area contributed by atoms with Crippen LogP contribution < -0.4 is 0 Å². The van der Waals surface area contributed by atoms with E-state index in [9.17, 15) is 14.4 Å². The van der Waals surface area contributed by atoms with Gasteiger partial charge in [0.15, 0.2) is 5.84 Å². The van der Waals surface area contributed by atoms with Crippen LogP contribution in [0.3, 0.4) is 0 Å². The van der Waals surface area contributed by atoms with Gasteiger partial charge >= 0.3 is 18.3 Å². The van der Waals surface area contributed by atoms with Gasteiger partial charge in [0, 0.05) is 38.2 Å². The molecule has 2 atom stereocenters. The van der Waals surface area contributed by atoms with Crippen molar-refractivity contribution >= 4 is 30.3 Å². The molecule has 3 amide bonds. The van der Waals surface area contributed by atoms with Gasteiger partial charge in [0.25, 0.3) is 0 Å². The molecule has 0 bridgehead atoms. The molecule has 51 heavy (non-hydrogen) atoms. The van der Waals surface area contributed by atoms with Crippen LogP contribution in [0.5, 0.6) is 0 Å². The Kier molecular flexibility index (Phi) is 12.3. The predicted molar refractivity (Wildman–Crippen MR) is 199 cm³/mol. The minimum Gasteiger partial charge on any atom is -0.448 e. The molecule has 2 aromatic rings. The minimum absolute atomic E-state index is 0.0695. The molecule has 0 aromatic heterocycles. The second-order valence-electron chi connectivity index (χ2n) is 14.6. The predicted octanol–water partition coefficient (Wildman–Crippen LogP) is 8.02. The molecule has 0 radical (unpaired) electrons. The summed E-state index contributed by atoms with van der Waals surface area (Å²) < 4.78 is 17.4. The molecule has 0 N–H and O–H groups in total. The maximum Gasteiger partial charge on any atom is 0.416 e. The molecule has 0 unspecified atom stereocenters. The Balaban J connectivity index is 1.34. The van der Waals surface area contributed by atoms with Crippen LogP contribution in [0.4, 0.5) is 14.4 Å². The number of carbonyl (C=O) groups excluding carboxylic acids is 3. The topological polar surface area (TPSA) is 113 Å². The van der Waals surface area contributed by atoms with E-state index in [0.29, 0.717) is 38.1 Å². The first-order valence-corrected chi connectivity index (χ1v) is 17.9. The fourth-order valence-corrected chi connectivity index (χ4v) is 6.94. The van der Waals surface area contributed by atoms with Gasteiger partial charge in [-0.25, -0.2) is 14.4 Å². The molecule has 2 aliphatic heterocycles. The quantitative estimate of drug-likeness (QED) is 0.184. The summed E-state index contributed by atoms with van der Waals surface area (Å²) in [4.78, 5) is 45.8. The smallest absolute Gasteiger partial charge is 0.416 e. The van der Waals surface area contributed by atoms with E-state index in [-0.39, 0.29) is 44.2 Å². The zero-order chi connectivity index (χ0) is 36.5. The lowest BCUT2D eigenvalue weighted by Gasteiger charge is -2.46. The van der Waals surface area contributed by atoms with Crippen molar-refractivity contribution in [1.82, 2.24) is 14.7 Å². The second kappa shape index (κ2) is 16.9. The van der Waals surface area contributed by atoms with Crippen molar-refractivity contribution in [1.29, 1.82) is 0 Å². The largest absolute Gasteiger partial charge is 0.448 e. The molecule has 1 fully saturated rings. The average molecular weight is 698 g/mol. The molecule has 0 spiro atoms. The van der Waals surface area contributed by atoms with Crippen molar-refractivity contribution < 1.29 is 28.6 Å². The van der Waals surface area contributed by atoms with Crippen molar-refractivity contribution in [3.05, 3.63) is 84.5 Å². The number of piperazine rings is 1. The Morgan fingerprint density at radius 3 is 2.24 bits per heavy atom. The number of rotatable bonds is 10. The first-order valence-electron chi connectivity index (χ1n) is 17.9. The molecule has 272 valence electrons. The lowest BCUT2D eigenvalue weighted by molar-refractivity contribution is 0.00546. The van der Waals surface area contributed by atoms with Crippen LogP contribution in [0.25, 0.3) is 11.1 Å². The van der Waals surface area contributed by atoms with Gasteiger partial charge in [-0.3, -0.25) is 4.90 Å². The molecule has 5 rings (SSSR count). The Labute approximate surface area is 301 Å². The lowest BCUT2D eigenvalue weighted by atomic mass is 9.96. The van der Waals surface area contributed by atoms with Crippen LogP contribution in [0.2, 0.25) is 0 Å². The minimum atomic E-state index is -0.711. The molecule has 1 saturated heterocycles. The third-order valence-corrected chi connectivity index (χ3v) is 9.13. The van der Waals surface area contributed by atoms with E-state index in [1.807, 2.05) is 51.1 Å². The highest BCUT2D eigenvalue weighted by atomic mass is 16.6. The van der Waals surface area contributed by atoms with Crippen molar-refractivity contribution in [3.63, 3.8) is 0 Å². The van der Waals surface area contributed by atoms with Gasteiger partial charge in [-0.15, -0.1) is 5.10 Å². The number of amides is 3. The van der Waals surface area contributed by atoms with Gasteiger partial charge in [-0.1, -0.05) is 81.1 Å². The monoisotopic (exact) mass is 697 g/mol. The van der Waals surface area contributed by atoms with Crippen LogP contribution in [-0.2, 0) is 14.2 Å². The molecule has 0 saturated carbocycles. The molecule has 3 aliphatic rings. The first kappa shape index (κ1) is 37.3. The summed E-state index contributed by atoms with van der Waals surface area (Å²) in [6.07, 6.45) is 7.68. The summed E-state index contributed by atoms with van der Waals surface area (Å²) in [5, 5.41) is 8.29. The van der Waals surface area contributed by atoms with Crippen LogP contribution in [-0.4, -0.2) is 95.6 Å². The van der Waals surface area contributed by atoms with E-state index in [1.54, 1.807) is 22.1 Å². The fourth-order valence-electron chi connectivity index (χ4n) is 6.94. The number of allylic oxidation sites excluding steroid dienone is 1. The summed E-state index contributed by atoms with van der Waals surface area (Å²) in [6.45, 7) is 14.4. The molecule has 1 aliphatic carbocycles. The zero-order valence-corrected chi connectivity index (χ0v) is 30.5. The number of benzene rings is 2. The third kappa shape index (κ3) is 9.45. The van der Waals surface area contributed by atoms with Gasteiger partial charge < -0.3 is 24.0 Å². The highest BCUT2D eigenvalue weighted by Gasteiger charge is 2.41. The molecule has 2 heterocycles. The van der Waals surface area contributed by atoms with E-state index < -0.39 is 29.9 Å². The maximum atomic E-state index is 14.1. The number of hydrogen-bond acceptors (Lipinski definition) is 8. The van der Waals surface area contributed by atoms with Crippen molar-refractivity contribution in [2.75, 3.05) is 32.8 Å². The lowest BCUT2D eigenvalue weighted by Crippen LogP contribution is -2.61. The third-order valence-electron chi connectivity index (χ3n) is 9.13. The Morgan fingerprint density at radius 1 is 0.961 bits per heavy atom. The highest BCUT2D eigenvalue weighted by molar-refractivity contribution is 6.03. The Morgan fingerprint density at radius 2 is 1.59 bits per heavy atom. The van der Waals surface area contributed by atoms with Crippen LogP contribution in [0, 0.1) is 5.92 Å². The van der Waals surface area contributed by atoms with Gasteiger partial charge in [-0.05, 0) is 74.3 Å². The van der Waals surface area contributed by atoms with Crippen LogP contribution in [0.15, 0.2) is 83.5 Å². The number of ether oxygens (including phenoxy) is 3. The molecule has 2 aromatic carbocycles. The normalized spacial score (nSPS) is 18.4. The van der Waals surface area contributed by atoms with Gasteiger partial charge in [0.05, 0.1) is 12.1 Å². The zero-order valence-electron chi connectivity index (χ0n) is 30.5. The Bertz CT molecular complexity index is 1610. The van der Waals surface area contributed by atoms with E-state index >= 15 is 0 Å². The number of amidine groups is 1. The highest BCUT2D eigenvalue weighted by Crippen LogP contribution is 2.44. The SMILES string of the molecule is C=CCOC(=O)N1C[C@@H](CC(C)C)N(C(=O)OCC2c3ccccc3-c3ccccc32)C[C@@H]1CCCN(C(=O)OC(C)(C)C)C1=NN=CCC=C1. The number of carbonyl (C=O) groups is 3. The summed E-state index contributed by atoms with van der Waals surface area (Å²) in [6, 6.07) is 15.9. The van der Waals surface area contributed by atoms with E-state index in [1.165, 1.54) is 11.0 Å². The standard InChI is InChI=1S/C40H51N5O6/c1-7-23-49-37(46)44-26-30(24-28(2)3)45(38(47)50-27-35-33-18-10-8-16-31(33)32-17-9-11-19-34(32)35)25-29(44)15-14-22-43(39(48)51-40(4,5)6)36-20-12-13-21-41-42-36/h7-12,16-21,28-30,35H,1,13-15,22-27H2,2-6H3/t29-,30+/m0/s1. The van der Waals surface area contributed by atoms with E-state index in [2.05, 4.69) is 54.9 Å². The van der Waals surface area contributed by atoms with E-state index in [0.717, 1.165) is 22.3 Å².